The Balaban J connectivity index is 1.09. The molecule has 3 heteroatoms. The Bertz CT molecular complexity index is 3520. The zero-order valence-electron chi connectivity index (χ0n) is 34.4. The lowest BCUT2D eigenvalue weighted by Gasteiger charge is -2.29. The molecule has 0 N–H and O–H groups in total. The largest absolute Gasteiger partial charge is 0.310 e. The Morgan fingerprint density at radius 1 is 0.302 bits per heavy atom. The summed E-state index contributed by atoms with van der Waals surface area (Å²) < 4.78 is 5.06. The minimum absolute atomic E-state index is 1.10. The first kappa shape index (κ1) is 36.8. The van der Waals surface area contributed by atoms with Gasteiger partial charge >= 0.3 is 0 Å². The van der Waals surface area contributed by atoms with Crippen molar-refractivity contribution in [2.45, 2.75) is 0 Å². The molecule has 63 heavy (non-hydrogen) atoms. The van der Waals surface area contributed by atoms with Crippen molar-refractivity contribution in [3.05, 3.63) is 243 Å². The molecule has 0 saturated heterocycles. The molecule has 2 heterocycles. The lowest BCUT2D eigenvalue weighted by atomic mass is 9.98. The highest BCUT2D eigenvalue weighted by atomic mass is 32.1. The Hall–Kier alpha value is -7.98. The van der Waals surface area contributed by atoms with Gasteiger partial charge in [-0.2, -0.15) is 0 Å². The highest BCUT2D eigenvalue weighted by molar-refractivity contribution is 7.25. The molecule has 0 aliphatic carbocycles. The van der Waals surface area contributed by atoms with Gasteiger partial charge in [0.05, 0.1) is 22.4 Å². The van der Waals surface area contributed by atoms with Crippen molar-refractivity contribution in [2.24, 2.45) is 0 Å². The molecule has 10 aromatic carbocycles. The number of hydrogen-bond donors (Lipinski definition) is 0. The number of hydrogen-bond acceptors (Lipinski definition) is 2. The fourth-order valence-electron chi connectivity index (χ4n) is 9.43. The van der Waals surface area contributed by atoms with Gasteiger partial charge in [-0.3, -0.25) is 0 Å². The first-order chi connectivity index (χ1) is 31.2. The molecule has 2 aromatic heterocycles. The van der Waals surface area contributed by atoms with Crippen LogP contribution in [0.2, 0.25) is 0 Å². The lowest BCUT2D eigenvalue weighted by molar-refractivity contribution is 1.18. The van der Waals surface area contributed by atoms with E-state index < -0.39 is 0 Å². The van der Waals surface area contributed by atoms with Gasteiger partial charge in [0.2, 0.25) is 0 Å². The van der Waals surface area contributed by atoms with Crippen LogP contribution in [0.15, 0.2) is 243 Å². The van der Waals surface area contributed by atoms with Crippen molar-refractivity contribution in [2.75, 3.05) is 4.90 Å². The Morgan fingerprint density at radius 2 is 0.810 bits per heavy atom. The van der Waals surface area contributed by atoms with Gasteiger partial charge in [0, 0.05) is 53.4 Å². The molecule has 0 spiro atoms. The molecule has 0 fully saturated rings. The summed E-state index contributed by atoms with van der Waals surface area (Å²) in [6, 6.07) is 88.5. The summed E-state index contributed by atoms with van der Waals surface area (Å²) in [6.45, 7) is 0. The molecule has 2 nitrogen and oxygen atoms in total. The second-order valence-corrected chi connectivity index (χ2v) is 17.2. The molecule has 12 rings (SSSR count). The van der Waals surface area contributed by atoms with Crippen LogP contribution in [0, 0.1) is 0 Å². The fraction of sp³-hybridized carbons (Fsp3) is 0. The van der Waals surface area contributed by atoms with Crippen LogP contribution in [-0.2, 0) is 0 Å². The molecule has 0 aliphatic rings. The summed E-state index contributed by atoms with van der Waals surface area (Å²) in [6.07, 6.45) is 0. The van der Waals surface area contributed by atoms with E-state index in [-0.39, 0.29) is 0 Å². The molecule has 0 unspecified atom stereocenters. The number of rotatable bonds is 8. The van der Waals surface area contributed by atoms with E-state index in [1.54, 1.807) is 0 Å². The van der Waals surface area contributed by atoms with E-state index in [4.69, 9.17) is 0 Å². The van der Waals surface area contributed by atoms with Crippen LogP contribution in [0.25, 0.3) is 92.2 Å². The molecule has 296 valence electrons. The molecule has 0 amide bonds. The van der Waals surface area contributed by atoms with Crippen molar-refractivity contribution in [3.8, 4) is 50.2 Å². The number of benzene rings is 10. The predicted octanol–water partition coefficient (Wildman–Crippen LogP) is 17.3. The third kappa shape index (κ3) is 6.50. The number of aromatic nitrogens is 1. The minimum Gasteiger partial charge on any atom is -0.310 e. The maximum Gasteiger partial charge on any atom is 0.0541 e. The molecule has 0 aliphatic heterocycles. The van der Waals surface area contributed by atoms with E-state index in [1.165, 1.54) is 75.4 Å². The van der Waals surface area contributed by atoms with Gasteiger partial charge in [0.15, 0.2) is 0 Å². The van der Waals surface area contributed by atoms with Crippen LogP contribution in [0.1, 0.15) is 0 Å². The third-order valence-electron chi connectivity index (χ3n) is 12.4. The summed E-state index contributed by atoms with van der Waals surface area (Å²) in [4.78, 5) is 2.45. The summed E-state index contributed by atoms with van der Waals surface area (Å²) >= 11 is 1.85. The van der Waals surface area contributed by atoms with E-state index in [1.807, 2.05) is 11.3 Å². The van der Waals surface area contributed by atoms with Crippen LogP contribution >= 0.6 is 11.3 Å². The zero-order valence-corrected chi connectivity index (χ0v) is 35.2. The lowest BCUT2D eigenvalue weighted by Crippen LogP contribution is -2.11. The molecule has 0 atom stereocenters. The smallest absolute Gasteiger partial charge is 0.0541 e. The molecule has 0 saturated carbocycles. The normalized spacial score (nSPS) is 11.5. The van der Waals surface area contributed by atoms with Crippen LogP contribution in [0.4, 0.5) is 17.1 Å². The second kappa shape index (κ2) is 15.5. The van der Waals surface area contributed by atoms with Crippen molar-refractivity contribution in [1.29, 1.82) is 0 Å². The minimum atomic E-state index is 1.10. The van der Waals surface area contributed by atoms with Crippen molar-refractivity contribution < 1.29 is 0 Å². The Kier molecular flexibility index (Phi) is 9.06. The standard InChI is InChI=1S/C60H40N2S/c1-4-17-41(18-5-1)44-23-16-24-47(37-44)61(48-33-36-60-54(40-48)51-27-12-15-30-59(51)63-60)55-28-13-10-25-49(55)50-26-11-14-29-56(50)62-57-34-31-45(42-19-6-2-7-20-42)38-52(57)53-39-46(32-35-58(53)62)43-21-8-3-9-22-43/h1-40H. The Morgan fingerprint density at radius 3 is 1.48 bits per heavy atom. The highest BCUT2D eigenvalue weighted by Gasteiger charge is 2.23. The number of thiophene rings is 1. The number of nitrogens with zero attached hydrogens (tertiary/aromatic N) is 2. The maximum atomic E-state index is 2.48. The summed E-state index contributed by atoms with van der Waals surface area (Å²) in [5, 5.41) is 5.00. The van der Waals surface area contributed by atoms with Crippen molar-refractivity contribution in [3.63, 3.8) is 0 Å². The molecule has 0 radical (unpaired) electrons. The fourth-order valence-corrected chi connectivity index (χ4v) is 10.5. The van der Waals surface area contributed by atoms with Gasteiger partial charge in [-0.25, -0.2) is 0 Å². The summed E-state index contributed by atoms with van der Waals surface area (Å²) in [7, 11) is 0. The number of anilines is 3. The van der Waals surface area contributed by atoms with Crippen LogP contribution < -0.4 is 4.90 Å². The van der Waals surface area contributed by atoms with Crippen LogP contribution in [-0.4, -0.2) is 4.57 Å². The van der Waals surface area contributed by atoms with E-state index >= 15 is 0 Å². The SMILES string of the molecule is c1ccc(-c2cccc(N(c3ccc4sc5ccccc5c4c3)c3ccccc3-c3ccccc3-n3c4ccc(-c5ccccc5)cc4c4cc(-c5ccccc5)ccc43)c2)cc1. The van der Waals surface area contributed by atoms with E-state index in [0.29, 0.717) is 0 Å². The Labute approximate surface area is 370 Å². The summed E-state index contributed by atoms with van der Waals surface area (Å²) in [5.41, 5.74) is 16.3. The predicted molar refractivity (Wildman–Crippen MR) is 270 cm³/mol. The number of fused-ring (bicyclic) bond motifs is 6. The van der Waals surface area contributed by atoms with Gasteiger partial charge in [-0.05, 0) is 106 Å². The van der Waals surface area contributed by atoms with Crippen molar-refractivity contribution in [1.82, 2.24) is 4.57 Å². The van der Waals surface area contributed by atoms with Crippen LogP contribution in [0.5, 0.6) is 0 Å². The third-order valence-corrected chi connectivity index (χ3v) is 13.5. The number of para-hydroxylation sites is 2. The maximum absolute atomic E-state index is 2.48. The average Bonchev–Trinajstić information content (AvgIpc) is 3.90. The molecule has 0 bridgehead atoms. The molecular weight excluding hydrogens is 781 g/mol. The van der Waals surface area contributed by atoms with E-state index in [0.717, 1.165) is 33.9 Å². The first-order valence-electron chi connectivity index (χ1n) is 21.5. The summed E-state index contributed by atoms with van der Waals surface area (Å²) in [5.74, 6) is 0. The van der Waals surface area contributed by atoms with E-state index in [2.05, 4.69) is 252 Å². The average molecular weight is 821 g/mol. The van der Waals surface area contributed by atoms with Crippen molar-refractivity contribution >= 4 is 70.4 Å². The zero-order chi connectivity index (χ0) is 41.7. The molecule has 12 aromatic rings. The second-order valence-electron chi connectivity index (χ2n) is 16.1. The van der Waals surface area contributed by atoms with Gasteiger partial charge in [-0.15, -0.1) is 11.3 Å². The monoisotopic (exact) mass is 820 g/mol. The first-order valence-corrected chi connectivity index (χ1v) is 22.3. The van der Waals surface area contributed by atoms with Gasteiger partial charge < -0.3 is 9.47 Å². The quantitative estimate of drug-likeness (QED) is 0.148. The topological polar surface area (TPSA) is 8.17 Å². The highest BCUT2D eigenvalue weighted by Crippen LogP contribution is 2.47. The van der Waals surface area contributed by atoms with Gasteiger partial charge in [-0.1, -0.05) is 170 Å². The van der Waals surface area contributed by atoms with Gasteiger partial charge in [0.25, 0.3) is 0 Å². The van der Waals surface area contributed by atoms with E-state index in [9.17, 15) is 0 Å². The molecular formula is C60H40N2S. The van der Waals surface area contributed by atoms with Gasteiger partial charge in [0.1, 0.15) is 0 Å². The van der Waals surface area contributed by atoms with Crippen LogP contribution in [0.3, 0.4) is 0 Å².